The van der Waals surface area contributed by atoms with Crippen LogP contribution in [0.1, 0.15) is 26.3 Å². The van der Waals surface area contributed by atoms with E-state index in [4.69, 9.17) is 9.47 Å². The highest BCUT2D eigenvalue weighted by molar-refractivity contribution is 7.98. The van der Waals surface area contributed by atoms with Crippen LogP contribution in [0.25, 0.3) is 0 Å². The molecule has 2 aromatic rings. The highest BCUT2D eigenvalue weighted by Gasteiger charge is 2.13. The van der Waals surface area contributed by atoms with E-state index >= 15 is 0 Å². The largest absolute Gasteiger partial charge is 0.482 e. The maximum absolute atomic E-state index is 11.8. The first kappa shape index (κ1) is 20.8. The number of rotatable bonds is 7. The molecule has 0 atom stereocenters. The summed E-state index contributed by atoms with van der Waals surface area (Å²) in [5, 5.41) is 2.68. The summed E-state index contributed by atoms with van der Waals surface area (Å²) in [5.74, 6) is -0.407. The number of benzene rings is 2. The van der Waals surface area contributed by atoms with Crippen molar-refractivity contribution in [3.63, 3.8) is 0 Å². The summed E-state index contributed by atoms with van der Waals surface area (Å²) >= 11 is 1.62. The molecular weight excluding hydrogens is 362 g/mol. The third-order valence-corrected chi connectivity index (χ3v) is 4.56. The van der Waals surface area contributed by atoms with Crippen molar-refractivity contribution in [3.05, 3.63) is 54.1 Å². The van der Waals surface area contributed by atoms with Crippen molar-refractivity contribution in [2.75, 3.05) is 24.8 Å². The van der Waals surface area contributed by atoms with Gasteiger partial charge in [-0.25, -0.2) is 4.79 Å². The highest BCUT2D eigenvalue weighted by Crippen LogP contribution is 2.24. The van der Waals surface area contributed by atoms with Gasteiger partial charge in [-0.3, -0.25) is 4.79 Å². The van der Waals surface area contributed by atoms with E-state index in [0.717, 1.165) is 4.90 Å². The number of esters is 1. The van der Waals surface area contributed by atoms with Crippen molar-refractivity contribution in [1.82, 2.24) is 0 Å². The minimum atomic E-state index is -0.595. The Bertz CT molecular complexity index is 764. The van der Waals surface area contributed by atoms with Gasteiger partial charge in [0, 0.05) is 10.6 Å². The second-order valence-electron chi connectivity index (χ2n) is 7.00. The predicted molar refractivity (Wildman–Crippen MR) is 108 cm³/mol. The van der Waals surface area contributed by atoms with Gasteiger partial charge in [0.25, 0.3) is 5.91 Å². The van der Waals surface area contributed by atoms with Crippen molar-refractivity contribution in [3.8, 4) is 5.75 Å². The van der Waals surface area contributed by atoms with Crippen LogP contribution in [-0.2, 0) is 19.7 Å². The number of hydrogen-bond donors (Lipinski definition) is 1. The molecule has 1 amide bonds. The smallest absolute Gasteiger partial charge is 0.344 e. The van der Waals surface area contributed by atoms with Crippen LogP contribution < -0.4 is 10.1 Å². The first-order chi connectivity index (χ1) is 12.8. The van der Waals surface area contributed by atoms with Gasteiger partial charge in [-0.1, -0.05) is 32.9 Å². The molecule has 0 radical (unpaired) electrons. The van der Waals surface area contributed by atoms with E-state index in [1.807, 2.05) is 42.7 Å². The van der Waals surface area contributed by atoms with Crippen LogP contribution >= 0.6 is 11.8 Å². The number of amides is 1. The van der Waals surface area contributed by atoms with Crippen LogP contribution in [0.5, 0.6) is 5.75 Å². The highest BCUT2D eigenvalue weighted by atomic mass is 32.2. The summed E-state index contributed by atoms with van der Waals surface area (Å²) in [6, 6.07) is 15.0. The van der Waals surface area contributed by atoms with E-state index in [9.17, 15) is 9.59 Å². The van der Waals surface area contributed by atoms with Crippen molar-refractivity contribution >= 4 is 29.3 Å². The Morgan fingerprint density at radius 3 is 2.15 bits per heavy atom. The maximum atomic E-state index is 11.8. The Hall–Kier alpha value is -2.47. The fraction of sp³-hybridized carbons (Fsp3) is 0.333. The summed E-state index contributed by atoms with van der Waals surface area (Å²) in [6.07, 6.45) is 1.98. The molecule has 0 heterocycles. The molecule has 0 aliphatic rings. The summed E-state index contributed by atoms with van der Waals surface area (Å²) in [6.45, 7) is 5.78. The summed E-state index contributed by atoms with van der Waals surface area (Å²) in [7, 11) is 0. The molecule has 0 bridgehead atoms. The molecule has 27 heavy (non-hydrogen) atoms. The molecular formula is C21H25NO4S. The van der Waals surface area contributed by atoms with E-state index in [1.165, 1.54) is 5.56 Å². The van der Waals surface area contributed by atoms with Gasteiger partial charge in [-0.15, -0.1) is 11.8 Å². The summed E-state index contributed by atoms with van der Waals surface area (Å²) < 4.78 is 10.3. The van der Waals surface area contributed by atoms with Crippen molar-refractivity contribution < 1.29 is 19.1 Å². The zero-order chi connectivity index (χ0) is 19.9. The van der Waals surface area contributed by atoms with E-state index in [0.29, 0.717) is 11.4 Å². The quantitative estimate of drug-likeness (QED) is 0.568. The number of thioether (sulfide) groups is 1. The third-order valence-electron chi connectivity index (χ3n) is 3.82. The van der Waals surface area contributed by atoms with Crippen LogP contribution in [0, 0.1) is 0 Å². The van der Waals surface area contributed by atoms with Crippen LogP contribution in [0.3, 0.4) is 0 Å². The predicted octanol–water partition coefficient (Wildman–Crippen LogP) is 4.27. The molecule has 0 aliphatic heterocycles. The first-order valence-corrected chi connectivity index (χ1v) is 9.83. The zero-order valence-corrected chi connectivity index (χ0v) is 16.9. The average Bonchev–Trinajstić information content (AvgIpc) is 2.65. The van der Waals surface area contributed by atoms with Crippen LogP contribution in [-0.4, -0.2) is 31.3 Å². The average molecular weight is 388 g/mol. The van der Waals surface area contributed by atoms with Gasteiger partial charge in [-0.2, -0.15) is 0 Å². The lowest BCUT2D eigenvalue weighted by atomic mass is 9.87. The lowest BCUT2D eigenvalue weighted by Crippen LogP contribution is -2.23. The second kappa shape index (κ2) is 9.46. The van der Waals surface area contributed by atoms with E-state index in [-0.39, 0.29) is 18.6 Å². The fourth-order valence-corrected chi connectivity index (χ4v) is 2.66. The number of carbonyl (C=O) groups is 2. The minimum Gasteiger partial charge on any atom is -0.482 e. The van der Waals surface area contributed by atoms with Gasteiger partial charge in [0.05, 0.1) is 0 Å². The van der Waals surface area contributed by atoms with Crippen molar-refractivity contribution in [1.29, 1.82) is 0 Å². The Morgan fingerprint density at radius 2 is 1.59 bits per heavy atom. The number of carbonyl (C=O) groups excluding carboxylic acids is 2. The van der Waals surface area contributed by atoms with Crippen LogP contribution in [0.2, 0.25) is 0 Å². The molecule has 1 N–H and O–H groups in total. The molecule has 0 spiro atoms. The molecule has 144 valence electrons. The molecule has 0 unspecified atom stereocenters. The van der Waals surface area contributed by atoms with E-state index < -0.39 is 11.9 Å². The van der Waals surface area contributed by atoms with Gasteiger partial charge < -0.3 is 14.8 Å². The minimum absolute atomic E-state index is 0.0561. The maximum Gasteiger partial charge on any atom is 0.344 e. The number of nitrogens with one attached hydrogen (secondary N) is 1. The molecule has 5 nitrogen and oxygen atoms in total. The Labute approximate surface area is 164 Å². The monoisotopic (exact) mass is 387 g/mol. The fourth-order valence-electron chi connectivity index (χ4n) is 2.25. The molecule has 2 aromatic carbocycles. The lowest BCUT2D eigenvalue weighted by Gasteiger charge is -2.19. The standard InChI is InChI=1S/C21H25NO4S/c1-21(2,3)15-5-9-17(10-6-15)25-14-20(24)26-13-19(23)22-16-7-11-18(27-4)12-8-16/h5-12H,13-14H2,1-4H3,(H,22,23). The van der Waals surface area contributed by atoms with E-state index in [1.54, 1.807) is 23.9 Å². The molecule has 2 rings (SSSR count). The third kappa shape index (κ3) is 6.98. The SMILES string of the molecule is CSc1ccc(NC(=O)COC(=O)COc2ccc(C(C)(C)C)cc2)cc1. The Morgan fingerprint density at radius 1 is 0.963 bits per heavy atom. The summed E-state index contributed by atoms with van der Waals surface area (Å²) in [5.41, 5.74) is 1.89. The Kier molecular flexibility index (Phi) is 7.30. The number of ether oxygens (including phenoxy) is 2. The topological polar surface area (TPSA) is 64.6 Å². The molecule has 0 saturated heterocycles. The van der Waals surface area contributed by atoms with Crippen LogP contribution in [0.15, 0.2) is 53.4 Å². The van der Waals surface area contributed by atoms with E-state index in [2.05, 4.69) is 26.1 Å². The lowest BCUT2D eigenvalue weighted by molar-refractivity contribution is -0.149. The number of anilines is 1. The molecule has 0 aromatic heterocycles. The first-order valence-electron chi connectivity index (χ1n) is 8.61. The molecule has 0 aliphatic carbocycles. The van der Waals surface area contributed by atoms with Crippen molar-refractivity contribution in [2.24, 2.45) is 0 Å². The molecule has 0 fully saturated rings. The summed E-state index contributed by atoms with van der Waals surface area (Å²) in [4.78, 5) is 24.7. The molecule has 0 saturated carbocycles. The molecule has 6 heteroatoms. The Balaban J connectivity index is 1.73. The van der Waals surface area contributed by atoms with Gasteiger partial charge >= 0.3 is 5.97 Å². The van der Waals surface area contributed by atoms with Crippen LogP contribution in [0.4, 0.5) is 5.69 Å². The normalized spacial score (nSPS) is 11.0. The van der Waals surface area contributed by atoms with Gasteiger partial charge in [0.2, 0.25) is 0 Å². The second-order valence-corrected chi connectivity index (χ2v) is 7.88. The van der Waals surface area contributed by atoms with Crippen molar-refractivity contribution in [2.45, 2.75) is 31.1 Å². The zero-order valence-electron chi connectivity index (χ0n) is 16.1. The van der Waals surface area contributed by atoms with Gasteiger partial charge in [0.1, 0.15) is 5.75 Å². The van der Waals surface area contributed by atoms with Gasteiger partial charge in [-0.05, 0) is 53.6 Å². The van der Waals surface area contributed by atoms with Gasteiger partial charge in [0.15, 0.2) is 13.2 Å². The number of hydrogen-bond acceptors (Lipinski definition) is 5.